The van der Waals surface area contributed by atoms with Crippen LogP contribution in [0.15, 0.2) is 111 Å². The predicted octanol–water partition coefficient (Wildman–Crippen LogP) is 4.50. The Bertz CT molecular complexity index is 1260. The first kappa shape index (κ1) is 21.5. The Labute approximate surface area is 176 Å². The number of benzene rings is 3. The minimum atomic E-state index is -3.94. The molecule has 0 aliphatic heterocycles. The topological polar surface area (TPSA) is 77.5 Å². The van der Waals surface area contributed by atoms with Crippen LogP contribution in [0.4, 0.5) is 0 Å². The van der Waals surface area contributed by atoms with Crippen LogP contribution in [-0.4, -0.2) is 23.9 Å². The predicted molar refractivity (Wildman–Crippen MR) is 117 cm³/mol. The van der Waals surface area contributed by atoms with E-state index in [9.17, 15) is 16.8 Å². The molecule has 0 amide bonds. The Morgan fingerprint density at radius 1 is 0.733 bits per heavy atom. The normalized spacial score (nSPS) is 12.8. The molecular weight excluding hydrogens is 420 g/mol. The monoisotopic (exact) mass is 440 g/mol. The maximum atomic E-state index is 13.2. The number of hydrogen-bond donors (Lipinski definition) is 0. The van der Waals surface area contributed by atoms with Gasteiger partial charge in [0.15, 0.2) is 9.84 Å². The van der Waals surface area contributed by atoms with Crippen molar-refractivity contribution in [1.82, 2.24) is 0 Å². The SMILES string of the molecule is COc1ccc(/C=C(\C=C\S(=O)(=O)c2ccccc2)S(=O)(=O)c2ccccc2)cc1. The molecule has 0 heterocycles. The summed E-state index contributed by atoms with van der Waals surface area (Å²) >= 11 is 0. The van der Waals surface area contributed by atoms with Crippen molar-refractivity contribution in [3.63, 3.8) is 0 Å². The Hall–Kier alpha value is -3.16. The molecule has 5 nitrogen and oxygen atoms in total. The summed E-state index contributed by atoms with van der Waals surface area (Å²) in [6, 6.07) is 22.5. The molecule has 7 heteroatoms. The number of hydrogen-bond acceptors (Lipinski definition) is 5. The fourth-order valence-electron chi connectivity index (χ4n) is 2.66. The molecule has 0 saturated carbocycles. The van der Waals surface area contributed by atoms with E-state index in [1.165, 1.54) is 37.5 Å². The minimum Gasteiger partial charge on any atom is -0.497 e. The molecule has 0 aromatic heterocycles. The first-order valence-corrected chi connectivity index (χ1v) is 12.0. The summed E-state index contributed by atoms with van der Waals surface area (Å²) in [7, 11) is -6.21. The van der Waals surface area contributed by atoms with Gasteiger partial charge in [-0.15, -0.1) is 0 Å². The zero-order valence-electron chi connectivity index (χ0n) is 16.2. The molecule has 0 saturated heterocycles. The van der Waals surface area contributed by atoms with Crippen molar-refractivity contribution in [3.05, 3.63) is 107 Å². The lowest BCUT2D eigenvalue weighted by atomic mass is 10.2. The van der Waals surface area contributed by atoms with Crippen LogP contribution in [0, 0.1) is 0 Å². The van der Waals surface area contributed by atoms with Crippen LogP contribution in [0.5, 0.6) is 5.75 Å². The van der Waals surface area contributed by atoms with Crippen LogP contribution >= 0.6 is 0 Å². The number of allylic oxidation sites excluding steroid dienone is 1. The van der Waals surface area contributed by atoms with Crippen LogP contribution in [0.3, 0.4) is 0 Å². The van der Waals surface area contributed by atoms with Crippen molar-refractivity contribution >= 4 is 25.8 Å². The van der Waals surface area contributed by atoms with Gasteiger partial charge in [-0.1, -0.05) is 48.5 Å². The highest BCUT2D eigenvalue weighted by molar-refractivity contribution is 7.96. The van der Waals surface area contributed by atoms with Crippen molar-refractivity contribution < 1.29 is 21.6 Å². The molecule has 30 heavy (non-hydrogen) atoms. The smallest absolute Gasteiger partial charge is 0.206 e. The zero-order chi connectivity index (χ0) is 21.6. The second-order valence-corrected chi connectivity index (χ2v) is 10.1. The maximum Gasteiger partial charge on any atom is 0.206 e. The van der Waals surface area contributed by atoms with Gasteiger partial charge in [-0.05, 0) is 54.1 Å². The Morgan fingerprint density at radius 3 is 1.80 bits per heavy atom. The third-order valence-electron chi connectivity index (χ3n) is 4.27. The summed E-state index contributed by atoms with van der Waals surface area (Å²) in [5.74, 6) is 0.627. The van der Waals surface area contributed by atoms with Gasteiger partial charge in [-0.2, -0.15) is 0 Å². The third kappa shape index (κ3) is 5.06. The summed E-state index contributed by atoms with van der Waals surface area (Å²) in [6.45, 7) is 0. The highest BCUT2D eigenvalue weighted by Crippen LogP contribution is 2.24. The quantitative estimate of drug-likeness (QED) is 0.506. The Morgan fingerprint density at radius 2 is 1.27 bits per heavy atom. The molecule has 3 aromatic rings. The van der Waals surface area contributed by atoms with E-state index in [0.717, 1.165) is 11.5 Å². The van der Waals surface area contributed by atoms with E-state index in [2.05, 4.69) is 0 Å². The summed E-state index contributed by atoms with van der Waals surface area (Å²) < 4.78 is 56.7. The van der Waals surface area contributed by atoms with E-state index < -0.39 is 19.7 Å². The van der Waals surface area contributed by atoms with E-state index in [-0.39, 0.29) is 14.7 Å². The van der Waals surface area contributed by atoms with Gasteiger partial charge >= 0.3 is 0 Å². The minimum absolute atomic E-state index is 0.0755. The van der Waals surface area contributed by atoms with E-state index >= 15 is 0 Å². The molecular formula is C23H20O5S2. The summed E-state index contributed by atoms with van der Waals surface area (Å²) in [4.78, 5) is 0.0204. The van der Waals surface area contributed by atoms with Crippen molar-refractivity contribution in [2.75, 3.05) is 7.11 Å². The number of rotatable bonds is 7. The molecule has 0 radical (unpaired) electrons. The van der Waals surface area contributed by atoms with Crippen molar-refractivity contribution in [1.29, 1.82) is 0 Å². The number of methoxy groups -OCH3 is 1. The van der Waals surface area contributed by atoms with Crippen molar-refractivity contribution in [2.24, 2.45) is 0 Å². The van der Waals surface area contributed by atoms with Crippen LogP contribution < -0.4 is 4.74 Å². The van der Waals surface area contributed by atoms with Crippen LogP contribution in [0.25, 0.3) is 6.08 Å². The second kappa shape index (κ2) is 9.11. The van der Waals surface area contributed by atoms with E-state index in [4.69, 9.17) is 4.74 Å². The molecule has 3 rings (SSSR count). The van der Waals surface area contributed by atoms with Gasteiger partial charge in [0.05, 0.1) is 21.8 Å². The fourth-order valence-corrected chi connectivity index (χ4v) is 5.09. The largest absolute Gasteiger partial charge is 0.497 e. The highest BCUT2D eigenvalue weighted by atomic mass is 32.2. The van der Waals surface area contributed by atoms with Crippen LogP contribution in [0.1, 0.15) is 5.56 Å². The molecule has 0 spiro atoms. The Balaban J connectivity index is 2.09. The summed E-state index contributed by atoms with van der Waals surface area (Å²) in [5, 5.41) is 0.915. The standard InChI is InChI=1S/C23H20O5S2/c1-28-20-14-12-19(13-15-20)18-23(30(26,27)22-10-6-3-7-11-22)16-17-29(24,25)21-8-4-2-5-9-21/h2-18H,1H3/b17-16+,23-18+. The average Bonchev–Trinajstić information content (AvgIpc) is 2.78. The average molecular weight is 441 g/mol. The van der Waals surface area contributed by atoms with E-state index in [0.29, 0.717) is 11.3 Å². The van der Waals surface area contributed by atoms with E-state index in [1.807, 2.05) is 0 Å². The molecule has 0 atom stereocenters. The summed E-state index contributed by atoms with van der Waals surface area (Å²) in [5.41, 5.74) is 0.590. The highest BCUT2D eigenvalue weighted by Gasteiger charge is 2.20. The number of sulfone groups is 2. The van der Waals surface area contributed by atoms with Gasteiger partial charge in [0.1, 0.15) is 5.75 Å². The van der Waals surface area contributed by atoms with Gasteiger partial charge < -0.3 is 4.74 Å². The van der Waals surface area contributed by atoms with Gasteiger partial charge in [0.2, 0.25) is 9.84 Å². The molecule has 0 N–H and O–H groups in total. The molecule has 0 unspecified atom stereocenters. The zero-order valence-corrected chi connectivity index (χ0v) is 17.8. The van der Waals surface area contributed by atoms with Crippen LogP contribution in [0.2, 0.25) is 0 Å². The first-order valence-electron chi connectivity index (χ1n) is 8.97. The lowest BCUT2D eigenvalue weighted by Crippen LogP contribution is -2.04. The van der Waals surface area contributed by atoms with Gasteiger partial charge in [-0.3, -0.25) is 0 Å². The lowest BCUT2D eigenvalue weighted by Gasteiger charge is -2.07. The molecule has 0 aliphatic carbocycles. The van der Waals surface area contributed by atoms with Crippen molar-refractivity contribution in [3.8, 4) is 5.75 Å². The Kier molecular flexibility index (Phi) is 6.54. The van der Waals surface area contributed by atoms with Gasteiger partial charge in [0.25, 0.3) is 0 Å². The lowest BCUT2D eigenvalue weighted by molar-refractivity contribution is 0.415. The second-order valence-electron chi connectivity index (χ2n) is 6.30. The molecule has 0 bridgehead atoms. The summed E-state index contributed by atoms with van der Waals surface area (Å²) in [6.07, 6.45) is 2.55. The van der Waals surface area contributed by atoms with Crippen LogP contribution in [-0.2, 0) is 19.7 Å². The molecule has 0 fully saturated rings. The molecule has 0 aliphatic rings. The molecule has 154 valence electrons. The van der Waals surface area contributed by atoms with Crippen molar-refractivity contribution in [2.45, 2.75) is 9.79 Å². The van der Waals surface area contributed by atoms with Gasteiger partial charge in [0, 0.05) is 5.41 Å². The fraction of sp³-hybridized carbons (Fsp3) is 0.0435. The number of ether oxygens (including phenoxy) is 1. The molecule has 3 aromatic carbocycles. The van der Waals surface area contributed by atoms with Gasteiger partial charge in [-0.25, -0.2) is 16.8 Å². The third-order valence-corrected chi connectivity index (χ3v) is 7.46. The maximum absolute atomic E-state index is 13.2. The first-order chi connectivity index (χ1) is 14.3. The van der Waals surface area contributed by atoms with E-state index in [1.54, 1.807) is 60.7 Å².